The van der Waals surface area contributed by atoms with Gasteiger partial charge in [-0.25, -0.2) is 9.37 Å². The van der Waals surface area contributed by atoms with Gasteiger partial charge < -0.3 is 20.5 Å². The van der Waals surface area contributed by atoms with Crippen molar-refractivity contribution in [1.82, 2.24) is 4.98 Å². The third-order valence-corrected chi connectivity index (χ3v) is 5.40. The lowest BCUT2D eigenvalue weighted by molar-refractivity contribution is -0.137. The molecule has 0 spiro atoms. The maximum atomic E-state index is 13.6. The van der Waals surface area contributed by atoms with E-state index in [2.05, 4.69) is 27.8 Å². The number of benzene rings is 2. The number of rotatable bonds is 9. The Morgan fingerprint density at radius 2 is 2.03 bits per heavy atom. The third-order valence-electron chi connectivity index (χ3n) is 5.40. The van der Waals surface area contributed by atoms with Crippen LogP contribution in [0.5, 0.6) is 5.75 Å². The van der Waals surface area contributed by atoms with E-state index in [1.807, 2.05) is 24.3 Å². The molecule has 1 aliphatic rings. The zero-order valence-electron chi connectivity index (χ0n) is 17.7. The van der Waals surface area contributed by atoms with Crippen molar-refractivity contribution in [2.45, 2.75) is 31.7 Å². The van der Waals surface area contributed by atoms with Crippen LogP contribution in [-0.4, -0.2) is 29.2 Å². The summed E-state index contributed by atoms with van der Waals surface area (Å²) in [6.07, 6.45) is 2.75. The van der Waals surface area contributed by atoms with E-state index in [0.29, 0.717) is 24.3 Å². The molecule has 4 rings (SSSR count). The van der Waals surface area contributed by atoms with Crippen LogP contribution in [0.4, 0.5) is 15.9 Å². The molecular formula is C25H26FN3O3. The largest absolute Gasteiger partial charge is 0.493 e. The summed E-state index contributed by atoms with van der Waals surface area (Å²) in [7, 11) is 0. The molecule has 3 aromatic rings. The molecule has 0 saturated carbocycles. The first-order valence-corrected chi connectivity index (χ1v) is 10.8. The van der Waals surface area contributed by atoms with Crippen molar-refractivity contribution in [3.63, 3.8) is 0 Å². The van der Waals surface area contributed by atoms with Crippen LogP contribution in [0.1, 0.15) is 35.7 Å². The van der Waals surface area contributed by atoms with E-state index in [-0.39, 0.29) is 6.42 Å². The van der Waals surface area contributed by atoms with Crippen molar-refractivity contribution in [2.75, 3.05) is 23.8 Å². The predicted octanol–water partition coefficient (Wildman–Crippen LogP) is 4.83. The van der Waals surface area contributed by atoms with Crippen molar-refractivity contribution >= 4 is 17.5 Å². The van der Waals surface area contributed by atoms with Crippen LogP contribution in [0, 0.1) is 5.82 Å². The number of hydrogen-bond donors (Lipinski definition) is 3. The number of fused-ring (bicyclic) bond motifs is 1. The summed E-state index contributed by atoms with van der Waals surface area (Å²) in [5.41, 5.74) is 3.57. The second-order valence-electron chi connectivity index (χ2n) is 7.81. The second kappa shape index (κ2) is 10.1. The van der Waals surface area contributed by atoms with Gasteiger partial charge in [-0.2, -0.15) is 0 Å². The van der Waals surface area contributed by atoms with Crippen molar-refractivity contribution in [1.29, 1.82) is 0 Å². The number of ether oxygens (including phenoxy) is 1. The summed E-state index contributed by atoms with van der Waals surface area (Å²) >= 11 is 0. The normalized spacial score (nSPS) is 13.5. The van der Waals surface area contributed by atoms with Gasteiger partial charge in [0, 0.05) is 24.3 Å². The SMILES string of the molecule is O=C(O)CC(Nc1ccc(OCCc2ccc3c(n2)NCCC3)cc1)c1cccc(F)c1. The van der Waals surface area contributed by atoms with E-state index in [9.17, 15) is 14.3 Å². The molecule has 7 heteroatoms. The molecule has 1 aliphatic heterocycles. The van der Waals surface area contributed by atoms with Crippen LogP contribution >= 0.6 is 0 Å². The molecule has 1 unspecified atom stereocenters. The zero-order chi connectivity index (χ0) is 22.3. The first-order valence-electron chi connectivity index (χ1n) is 10.8. The van der Waals surface area contributed by atoms with Gasteiger partial charge in [-0.3, -0.25) is 4.79 Å². The lowest BCUT2D eigenvalue weighted by Gasteiger charge is -2.19. The summed E-state index contributed by atoms with van der Waals surface area (Å²) < 4.78 is 19.4. The molecule has 2 aromatic carbocycles. The van der Waals surface area contributed by atoms with Crippen LogP contribution < -0.4 is 15.4 Å². The van der Waals surface area contributed by atoms with E-state index in [4.69, 9.17) is 4.74 Å². The molecule has 32 heavy (non-hydrogen) atoms. The zero-order valence-corrected chi connectivity index (χ0v) is 17.7. The Bertz CT molecular complexity index is 1070. The summed E-state index contributed by atoms with van der Waals surface area (Å²) in [4.78, 5) is 15.9. The number of aliphatic carboxylic acids is 1. The molecule has 1 atom stereocenters. The Kier molecular flexibility index (Phi) is 6.84. The highest BCUT2D eigenvalue weighted by atomic mass is 19.1. The first kappa shape index (κ1) is 21.6. The van der Waals surface area contributed by atoms with Crippen LogP contribution in [-0.2, 0) is 17.6 Å². The maximum absolute atomic E-state index is 13.6. The second-order valence-corrected chi connectivity index (χ2v) is 7.81. The number of aryl methyl sites for hydroxylation is 1. The van der Waals surface area contributed by atoms with Crippen molar-refractivity contribution < 1.29 is 19.0 Å². The lowest BCUT2D eigenvalue weighted by Crippen LogP contribution is -2.15. The van der Waals surface area contributed by atoms with Crippen LogP contribution in [0.3, 0.4) is 0 Å². The quantitative estimate of drug-likeness (QED) is 0.447. The van der Waals surface area contributed by atoms with Gasteiger partial charge in [-0.15, -0.1) is 0 Å². The molecule has 0 amide bonds. The van der Waals surface area contributed by atoms with Gasteiger partial charge in [0.05, 0.1) is 19.1 Å². The standard InChI is InChI=1S/C25H26FN3O3/c26-19-5-1-3-18(15-19)23(16-24(30)31)28-20-8-10-22(11-9-20)32-14-12-21-7-6-17-4-2-13-27-25(17)29-21/h1,3,5-11,15,23,28H,2,4,12-14,16H2,(H,27,29)(H,30,31). The summed E-state index contributed by atoms with van der Waals surface area (Å²) in [6.45, 7) is 1.47. The fraction of sp³-hybridized carbons (Fsp3) is 0.280. The van der Waals surface area contributed by atoms with Crippen molar-refractivity contribution in [2.24, 2.45) is 0 Å². The van der Waals surface area contributed by atoms with Crippen LogP contribution in [0.25, 0.3) is 0 Å². The van der Waals surface area contributed by atoms with Crippen molar-refractivity contribution in [3.8, 4) is 5.75 Å². The average molecular weight is 435 g/mol. The molecule has 6 nitrogen and oxygen atoms in total. The van der Waals surface area contributed by atoms with Gasteiger partial charge in [-0.05, 0) is 66.4 Å². The number of carbonyl (C=O) groups is 1. The first-order chi connectivity index (χ1) is 15.6. The molecule has 0 aliphatic carbocycles. The molecule has 0 saturated heterocycles. The maximum Gasteiger partial charge on any atom is 0.305 e. The molecular weight excluding hydrogens is 409 g/mol. The Morgan fingerprint density at radius 1 is 1.19 bits per heavy atom. The third kappa shape index (κ3) is 5.75. The van der Waals surface area contributed by atoms with Gasteiger partial charge in [0.1, 0.15) is 17.4 Å². The Hall–Kier alpha value is -3.61. The summed E-state index contributed by atoms with van der Waals surface area (Å²) in [5.74, 6) is 0.343. The minimum absolute atomic E-state index is 0.162. The Labute approximate surface area is 186 Å². The van der Waals surface area contributed by atoms with Gasteiger partial charge in [0.25, 0.3) is 0 Å². The number of nitrogens with one attached hydrogen (secondary N) is 2. The number of anilines is 2. The molecule has 0 bridgehead atoms. The van der Waals surface area contributed by atoms with Crippen LogP contribution in [0.15, 0.2) is 60.7 Å². The fourth-order valence-corrected chi connectivity index (χ4v) is 3.78. The molecule has 0 fully saturated rings. The van der Waals surface area contributed by atoms with E-state index in [0.717, 1.165) is 36.6 Å². The molecule has 2 heterocycles. The molecule has 1 aromatic heterocycles. The number of carboxylic acids is 1. The molecule has 0 radical (unpaired) electrons. The number of carboxylic acid groups (broad SMARTS) is 1. The van der Waals surface area contributed by atoms with E-state index >= 15 is 0 Å². The van der Waals surface area contributed by atoms with Gasteiger partial charge in [-0.1, -0.05) is 18.2 Å². The summed E-state index contributed by atoms with van der Waals surface area (Å²) in [6, 6.07) is 16.9. The highest BCUT2D eigenvalue weighted by molar-refractivity contribution is 5.69. The van der Waals surface area contributed by atoms with Gasteiger partial charge >= 0.3 is 5.97 Å². The number of halogens is 1. The monoisotopic (exact) mass is 435 g/mol. The minimum atomic E-state index is -0.960. The fourth-order valence-electron chi connectivity index (χ4n) is 3.78. The Balaban J connectivity index is 1.33. The highest BCUT2D eigenvalue weighted by Crippen LogP contribution is 2.25. The Morgan fingerprint density at radius 3 is 2.81 bits per heavy atom. The minimum Gasteiger partial charge on any atom is -0.493 e. The van der Waals surface area contributed by atoms with Crippen LogP contribution in [0.2, 0.25) is 0 Å². The van der Waals surface area contributed by atoms with E-state index < -0.39 is 17.8 Å². The molecule has 3 N–H and O–H groups in total. The highest BCUT2D eigenvalue weighted by Gasteiger charge is 2.16. The lowest BCUT2D eigenvalue weighted by atomic mass is 10.0. The number of hydrogen-bond acceptors (Lipinski definition) is 5. The van der Waals surface area contributed by atoms with Gasteiger partial charge in [0.15, 0.2) is 0 Å². The average Bonchev–Trinajstić information content (AvgIpc) is 2.79. The van der Waals surface area contributed by atoms with E-state index in [1.165, 1.54) is 17.7 Å². The van der Waals surface area contributed by atoms with E-state index in [1.54, 1.807) is 12.1 Å². The number of pyridine rings is 1. The van der Waals surface area contributed by atoms with Crippen molar-refractivity contribution in [3.05, 3.63) is 83.3 Å². The summed E-state index contributed by atoms with van der Waals surface area (Å²) in [5, 5.41) is 15.7. The topological polar surface area (TPSA) is 83.5 Å². The smallest absolute Gasteiger partial charge is 0.305 e. The predicted molar refractivity (Wildman–Crippen MR) is 122 cm³/mol. The molecule has 166 valence electrons. The van der Waals surface area contributed by atoms with Gasteiger partial charge in [0.2, 0.25) is 0 Å². The number of nitrogens with zero attached hydrogens (tertiary/aromatic N) is 1. The number of aromatic nitrogens is 1.